The second kappa shape index (κ2) is 9.25. The van der Waals surface area contributed by atoms with Crippen molar-refractivity contribution in [2.75, 3.05) is 0 Å². The van der Waals surface area contributed by atoms with Crippen LogP contribution in [0.25, 0.3) is 97.1 Å². The highest BCUT2D eigenvalue weighted by Gasteiger charge is 2.23. The van der Waals surface area contributed by atoms with Crippen molar-refractivity contribution in [3.63, 3.8) is 0 Å². The molecule has 0 fully saturated rings. The summed E-state index contributed by atoms with van der Waals surface area (Å²) in [5.74, 6) is 0.677. The van der Waals surface area contributed by atoms with Crippen LogP contribution in [0.4, 0.5) is 0 Å². The van der Waals surface area contributed by atoms with E-state index in [0.717, 1.165) is 33.1 Å². The molecule has 218 valence electrons. The summed E-state index contributed by atoms with van der Waals surface area (Å²) in [6, 6.07) is 50.2. The van der Waals surface area contributed by atoms with Crippen molar-refractivity contribution < 1.29 is 0 Å². The minimum absolute atomic E-state index is 0.677. The van der Waals surface area contributed by atoms with Crippen LogP contribution in [0.5, 0.6) is 0 Å². The van der Waals surface area contributed by atoms with Crippen LogP contribution in [0, 0.1) is 0 Å². The third-order valence-corrected chi connectivity index (χ3v) is 10.9. The maximum Gasteiger partial charge on any atom is 0.235 e. The molecular weight excluding hydrogens is 593 g/mol. The normalized spacial score (nSPS) is 12.3. The zero-order valence-corrected chi connectivity index (χ0v) is 25.9. The topological polar surface area (TPSA) is 35.6 Å². The van der Waals surface area contributed by atoms with Gasteiger partial charge in [0.15, 0.2) is 0 Å². The average molecular weight is 617 g/mol. The SMILES string of the molecule is c1ccc(-n2c3cc4c(cc3c3c5ccccc5ccc32)c2c3sc5ccccc5c3ccc2n4-c2ncc3ccccc3n2)cc1. The van der Waals surface area contributed by atoms with Gasteiger partial charge in [-0.2, -0.15) is 0 Å². The maximum absolute atomic E-state index is 5.13. The summed E-state index contributed by atoms with van der Waals surface area (Å²) in [5, 5.41) is 11.1. The standard InChI is InChI=1S/C42H24N4S/c1-2-12-27(13-3-1)45-34-20-18-25-10-4-6-14-28(25)39(34)31-22-32-37(23-36(31)45)46(42-43-24-26-11-5-8-16-33(26)44-42)35-21-19-30-29-15-7-9-17-38(29)47-41(30)40(32)35/h1-24H. The van der Waals surface area contributed by atoms with Crippen LogP contribution in [0.15, 0.2) is 146 Å². The molecule has 4 aromatic heterocycles. The lowest BCUT2D eigenvalue weighted by Crippen LogP contribution is -2.01. The van der Waals surface area contributed by atoms with Gasteiger partial charge in [-0.3, -0.25) is 4.57 Å². The molecule has 4 heterocycles. The fourth-order valence-corrected chi connectivity index (χ4v) is 8.96. The highest BCUT2D eigenvalue weighted by atomic mass is 32.1. The van der Waals surface area contributed by atoms with Gasteiger partial charge in [0.2, 0.25) is 5.95 Å². The minimum atomic E-state index is 0.677. The van der Waals surface area contributed by atoms with E-state index < -0.39 is 0 Å². The molecule has 0 saturated carbocycles. The van der Waals surface area contributed by atoms with E-state index in [1.807, 2.05) is 29.7 Å². The lowest BCUT2D eigenvalue weighted by Gasteiger charge is -2.09. The molecule has 5 heteroatoms. The van der Waals surface area contributed by atoms with E-state index in [1.165, 1.54) is 58.0 Å². The number of nitrogens with zero attached hydrogens (tertiary/aromatic N) is 4. The molecule has 47 heavy (non-hydrogen) atoms. The molecule has 0 aliphatic rings. The molecule has 0 atom stereocenters. The fourth-order valence-electron chi connectivity index (χ4n) is 7.70. The van der Waals surface area contributed by atoms with Crippen LogP contribution in [0.1, 0.15) is 0 Å². The van der Waals surface area contributed by atoms with Crippen LogP contribution in [-0.2, 0) is 0 Å². The first-order valence-corrected chi connectivity index (χ1v) is 16.7. The summed E-state index contributed by atoms with van der Waals surface area (Å²) < 4.78 is 7.27. The summed E-state index contributed by atoms with van der Waals surface area (Å²) in [6.07, 6.45) is 1.94. The number of hydrogen-bond donors (Lipinski definition) is 0. The zero-order valence-electron chi connectivity index (χ0n) is 25.1. The molecule has 0 spiro atoms. The number of aromatic nitrogens is 4. The highest BCUT2D eigenvalue weighted by Crippen LogP contribution is 2.46. The lowest BCUT2D eigenvalue weighted by atomic mass is 10.0. The predicted octanol–water partition coefficient (Wildman–Crippen LogP) is 11.3. The molecule has 0 aliphatic heterocycles. The second-order valence-electron chi connectivity index (χ2n) is 12.2. The van der Waals surface area contributed by atoms with E-state index in [0.29, 0.717) is 5.95 Å². The van der Waals surface area contributed by atoms with Crippen molar-refractivity contribution in [3.8, 4) is 11.6 Å². The molecule has 4 nitrogen and oxygen atoms in total. The van der Waals surface area contributed by atoms with Crippen molar-refractivity contribution in [2.24, 2.45) is 0 Å². The van der Waals surface area contributed by atoms with Gasteiger partial charge in [0.05, 0.1) is 27.6 Å². The molecule has 11 aromatic rings. The Morgan fingerprint density at radius 3 is 2.09 bits per heavy atom. The van der Waals surface area contributed by atoms with Crippen molar-refractivity contribution in [3.05, 3.63) is 146 Å². The Labute approximate surface area is 272 Å². The van der Waals surface area contributed by atoms with Gasteiger partial charge in [-0.1, -0.05) is 91.0 Å². The Balaban J connectivity index is 1.39. The number of benzene rings is 7. The molecule has 7 aromatic carbocycles. The summed E-state index contributed by atoms with van der Waals surface area (Å²) in [7, 11) is 0. The quantitative estimate of drug-likeness (QED) is 0.194. The third kappa shape index (κ3) is 3.41. The van der Waals surface area contributed by atoms with Gasteiger partial charge in [-0.15, -0.1) is 11.3 Å². The van der Waals surface area contributed by atoms with E-state index in [-0.39, 0.29) is 0 Å². The molecule has 0 saturated heterocycles. The summed E-state index contributed by atoms with van der Waals surface area (Å²) in [6.45, 7) is 0. The first-order valence-electron chi connectivity index (χ1n) is 15.8. The van der Waals surface area contributed by atoms with Gasteiger partial charge >= 0.3 is 0 Å². The summed E-state index contributed by atoms with van der Waals surface area (Å²) in [5.41, 5.74) is 6.63. The number of thiophene rings is 1. The smallest absolute Gasteiger partial charge is 0.235 e. The molecular formula is C42H24N4S. The predicted molar refractivity (Wildman–Crippen MR) is 199 cm³/mol. The maximum atomic E-state index is 5.13. The van der Waals surface area contributed by atoms with Crippen LogP contribution in [0.2, 0.25) is 0 Å². The van der Waals surface area contributed by atoms with E-state index in [1.54, 1.807) is 0 Å². The van der Waals surface area contributed by atoms with Crippen molar-refractivity contribution in [1.82, 2.24) is 19.1 Å². The zero-order chi connectivity index (χ0) is 30.6. The Morgan fingerprint density at radius 2 is 1.17 bits per heavy atom. The summed E-state index contributed by atoms with van der Waals surface area (Å²) in [4.78, 5) is 10.1. The molecule has 0 N–H and O–H groups in total. The second-order valence-corrected chi connectivity index (χ2v) is 13.3. The highest BCUT2D eigenvalue weighted by molar-refractivity contribution is 7.26. The minimum Gasteiger partial charge on any atom is -0.309 e. The summed E-state index contributed by atoms with van der Waals surface area (Å²) >= 11 is 1.87. The van der Waals surface area contributed by atoms with Crippen molar-refractivity contribution >= 4 is 96.8 Å². The number of para-hydroxylation sites is 2. The molecule has 0 unspecified atom stereocenters. The third-order valence-electron chi connectivity index (χ3n) is 9.74. The van der Waals surface area contributed by atoms with E-state index in [4.69, 9.17) is 9.97 Å². The van der Waals surface area contributed by atoms with Gasteiger partial charge < -0.3 is 4.57 Å². The monoisotopic (exact) mass is 616 g/mol. The van der Waals surface area contributed by atoms with Gasteiger partial charge in [0, 0.05) is 59.0 Å². The van der Waals surface area contributed by atoms with E-state index in [9.17, 15) is 0 Å². The first kappa shape index (κ1) is 25.2. The van der Waals surface area contributed by atoms with Crippen molar-refractivity contribution in [2.45, 2.75) is 0 Å². The molecule has 0 radical (unpaired) electrons. The van der Waals surface area contributed by atoms with Crippen LogP contribution < -0.4 is 0 Å². The van der Waals surface area contributed by atoms with Crippen LogP contribution in [0.3, 0.4) is 0 Å². The number of hydrogen-bond acceptors (Lipinski definition) is 3. The lowest BCUT2D eigenvalue weighted by molar-refractivity contribution is 1.01. The Kier molecular flexibility index (Phi) is 4.96. The average Bonchev–Trinajstić information content (AvgIpc) is 3.78. The van der Waals surface area contributed by atoms with Crippen LogP contribution >= 0.6 is 11.3 Å². The van der Waals surface area contributed by atoms with E-state index >= 15 is 0 Å². The number of fused-ring (bicyclic) bond motifs is 13. The van der Waals surface area contributed by atoms with E-state index in [2.05, 4.69) is 137 Å². The molecule has 11 rings (SSSR count). The van der Waals surface area contributed by atoms with Crippen LogP contribution in [-0.4, -0.2) is 19.1 Å². The van der Waals surface area contributed by atoms with Crippen molar-refractivity contribution in [1.29, 1.82) is 0 Å². The molecule has 0 aliphatic carbocycles. The van der Waals surface area contributed by atoms with Gasteiger partial charge in [-0.05, 0) is 59.3 Å². The number of rotatable bonds is 2. The molecule has 0 amide bonds. The fraction of sp³-hybridized carbons (Fsp3) is 0. The molecule has 0 bridgehead atoms. The largest absolute Gasteiger partial charge is 0.309 e. The van der Waals surface area contributed by atoms with Gasteiger partial charge in [0.1, 0.15) is 0 Å². The Hall–Kier alpha value is -6.04. The Bertz CT molecular complexity index is 3070. The van der Waals surface area contributed by atoms with Gasteiger partial charge in [-0.25, -0.2) is 9.97 Å². The first-order chi connectivity index (χ1) is 23.3. The van der Waals surface area contributed by atoms with Gasteiger partial charge in [0.25, 0.3) is 0 Å². The Morgan fingerprint density at radius 1 is 0.468 bits per heavy atom.